The van der Waals surface area contributed by atoms with Gasteiger partial charge < -0.3 is 19.9 Å². The van der Waals surface area contributed by atoms with Gasteiger partial charge in [-0.1, -0.05) is 35.3 Å². The van der Waals surface area contributed by atoms with Gasteiger partial charge in [-0.2, -0.15) is 0 Å². The first-order valence-electron chi connectivity index (χ1n) is 9.21. The van der Waals surface area contributed by atoms with Gasteiger partial charge >= 0.3 is 12.0 Å². The van der Waals surface area contributed by atoms with Crippen molar-refractivity contribution in [2.75, 3.05) is 19.0 Å². The molecule has 1 aliphatic rings. The number of carbonyl (C=O) groups is 2. The first kappa shape index (κ1) is 20.3. The minimum atomic E-state index is -0.575. The van der Waals surface area contributed by atoms with Crippen molar-refractivity contribution in [1.29, 1.82) is 0 Å². The average Bonchev–Trinajstić information content (AvgIpc) is 3.23. The van der Waals surface area contributed by atoms with Gasteiger partial charge in [0.2, 0.25) is 0 Å². The average molecular weight is 445 g/mol. The summed E-state index contributed by atoms with van der Waals surface area (Å²) in [6.07, 6.45) is 2.29. The fourth-order valence-corrected chi connectivity index (χ4v) is 3.86. The van der Waals surface area contributed by atoms with Gasteiger partial charge in [-0.15, -0.1) is 0 Å². The molecule has 0 fully saturated rings. The number of ether oxygens (including phenoxy) is 1. The zero-order valence-electron chi connectivity index (χ0n) is 16.0. The van der Waals surface area contributed by atoms with Gasteiger partial charge in [0.25, 0.3) is 0 Å². The monoisotopic (exact) mass is 444 g/mol. The van der Waals surface area contributed by atoms with Crippen LogP contribution in [-0.4, -0.2) is 40.5 Å². The van der Waals surface area contributed by atoms with Crippen molar-refractivity contribution in [3.63, 3.8) is 0 Å². The largest absolute Gasteiger partial charge is 0.465 e. The highest BCUT2D eigenvalue weighted by Crippen LogP contribution is 2.34. The number of methoxy groups -OCH3 is 1. The zero-order chi connectivity index (χ0) is 21.3. The van der Waals surface area contributed by atoms with Crippen molar-refractivity contribution >= 4 is 40.9 Å². The molecule has 1 unspecified atom stereocenters. The lowest BCUT2D eigenvalue weighted by Crippen LogP contribution is -2.43. The fraction of sp³-hybridized carbons (Fsp3) is 0.190. The van der Waals surface area contributed by atoms with E-state index in [9.17, 15) is 9.59 Å². The Morgan fingerprint density at radius 3 is 2.70 bits per heavy atom. The summed E-state index contributed by atoms with van der Waals surface area (Å²) in [5, 5.41) is 3.71. The minimum Gasteiger partial charge on any atom is -0.465 e. The standard InChI is InChI=1S/C21H18Cl2N4O3/c1-30-20(28)15-10-14(6-7-16(15)23)26-21(29)27-9-8-17-18(25-11-24-17)19(27)12-2-4-13(22)5-3-12/h2-7,10-11,19H,8-9H2,1H3,(H,24,25)(H,26,29). The number of urea groups is 1. The molecule has 0 aliphatic carbocycles. The molecule has 154 valence electrons. The van der Waals surface area contributed by atoms with Crippen LogP contribution in [0.5, 0.6) is 0 Å². The molecule has 2 heterocycles. The number of fused-ring (bicyclic) bond motifs is 1. The number of nitrogens with one attached hydrogen (secondary N) is 2. The van der Waals surface area contributed by atoms with Crippen LogP contribution in [-0.2, 0) is 11.2 Å². The SMILES string of the molecule is COC(=O)c1cc(NC(=O)N2CCc3[nH]cnc3C2c2ccc(Cl)cc2)ccc1Cl. The number of rotatable bonds is 3. The summed E-state index contributed by atoms with van der Waals surface area (Å²) in [6.45, 7) is 0.492. The summed E-state index contributed by atoms with van der Waals surface area (Å²) >= 11 is 12.1. The Bertz CT molecular complexity index is 1100. The predicted molar refractivity (Wildman–Crippen MR) is 114 cm³/mol. The van der Waals surface area contributed by atoms with Crippen LogP contribution in [0.2, 0.25) is 10.0 Å². The van der Waals surface area contributed by atoms with Crippen LogP contribution in [0.15, 0.2) is 48.8 Å². The van der Waals surface area contributed by atoms with Gasteiger partial charge in [0.15, 0.2) is 0 Å². The molecule has 1 atom stereocenters. The van der Waals surface area contributed by atoms with Crippen LogP contribution in [0.1, 0.15) is 33.4 Å². The van der Waals surface area contributed by atoms with Gasteiger partial charge in [0, 0.05) is 29.4 Å². The number of imidazole rings is 1. The lowest BCUT2D eigenvalue weighted by atomic mass is 9.96. The molecule has 30 heavy (non-hydrogen) atoms. The van der Waals surface area contributed by atoms with E-state index < -0.39 is 5.97 Å². The summed E-state index contributed by atoms with van der Waals surface area (Å²) in [7, 11) is 1.27. The first-order valence-corrected chi connectivity index (χ1v) is 9.96. The molecule has 7 nitrogen and oxygen atoms in total. The normalized spacial score (nSPS) is 15.4. The molecule has 0 saturated heterocycles. The maximum Gasteiger partial charge on any atom is 0.339 e. The molecule has 9 heteroatoms. The highest BCUT2D eigenvalue weighted by molar-refractivity contribution is 6.33. The Balaban J connectivity index is 1.64. The maximum atomic E-state index is 13.2. The Labute approximate surface area is 183 Å². The number of aromatic nitrogens is 2. The van der Waals surface area contributed by atoms with E-state index in [1.54, 1.807) is 35.5 Å². The molecule has 2 amide bonds. The van der Waals surface area contributed by atoms with Crippen molar-refractivity contribution in [2.45, 2.75) is 12.5 Å². The number of amides is 2. The Morgan fingerprint density at radius 1 is 1.20 bits per heavy atom. The molecule has 2 aromatic carbocycles. The third kappa shape index (κ3) is 3.86. The number of nitrogens with zero attached hydrogens (tertiary/aromatic N) is 2. The second-order valence-electron chi connectivity index (χ2n) is 6.78. The molecule has 1 aliphatic heterocycles. The van der Waals surface area contributed by atoms with Gasteiger partial charge in [-0.05, 0) is 35.9 Å². The van der Waals surface area contributed by atoms with Crippen molar-refractivity contribution in [1.82, 2.24) is 14.9 Å². The number of halogens is 2. The molecule has 0 saturated carbocycles. The predicted octanol–water partition coefficient (Wildman–Crippen LogP) is 4.68. The van der Waals surface area contributed by atoms with Crippen LogP contribution < -0.4 is 5.32 Å². The van der Waals surface area contributed by atoms with E-state index in [1.165, 1.54) is 13.2 Å². The lowest BCUT2D eigenvalue weighted by molar-refractivity contribution is 0.0601. The number of carbonyl (C=O) groups excluding carboxylic acids is 2. The Hall–Kier alpha value is -3.03. The van der Waals surface area contributed by atoms with E-state index in [-0.39, 0.29) is 22.7 Å². The van der Waals surface area contributed by atoms with E-state index in [0.29, 0.717) is 23.7 Å². The van der Waals surface area contributed by atoms with Crippen molar-refractivity contribution < 1.29 is 14.3 Å². The summed E-state index contributed by atoms with van der Waals surface area (Å²) in [4.78, 5) is 34.4. The Morgan fingerprint density at radius 2 is 1.97 bits per heavy atom. The fourth-order valence-electron chi connectivity index (χ4n) is 3.54. The number of esters is 1. The Kier molecular flexibility index (Phi) is 5.65. The summed E-state index contributed by atoms with van der Waals surface area (Å²) in [6, 6.07) is 11.3. The van der Waals surface area contributed by atoms with E-state index in [1.807, 2.05) is 12.1 Å². The smallest absolute Gasteiger partial charge is 0.339 e. The summed E-state index contributed by atoms with van der Waals surface area (Å²) in [5.41, 5.74) is 3.31. The second-order valence-corrected chi connectivity index (χ2v) is 7.62. The molecule has 0 radical (unpaired) electrons. The second kappa shape index (κ2) is 8.38. The number of H-pyrrole nitrogens is 1. The van der Waals surface area contributed by atoms with Crippen molar-refractivity contribution in [3.8, 4) is 0 Å². The molecular weight excluding hydrogens is 427 g/mol. The summed E-state index contributed by atoms with van der Waals surface area (Å²) in [5.74, 6) is -0.575. The quantitative estimate of drug-likeness (QED) is 0.573. The summed E-state index contributed by atoms with van der Waals surface area (Å²) < 4.78 is 4.74. The van der Waals surface area contributed by atoms with Crippen LogP contribution in [0, 0.1) is 0 Å². The lowest BCUT2D eigenvalue weighted by Gasteiger charge is -2.35. The number of aromatic amines is 1. The molecule has 1 aromatic heterocycles. The number of benzene rings is 2. The molecule has 3 aromatic rings. The topological polar surface area (TPSA) is 87.3 Å². The van der Waals surface area contributed by atoms with Crippen LogP contribution in [0.3, 0.4) is 0 Å². The van der Waals surface area contributed by atoms with Crippen LogP contribution >= 0.6 is 23.2 Å². The molecule has 4 rings (SSSR count). The first-order chi connectivity index (χ1) is 14.5. The van der Waals surface area contributed by atoms with Crippen molar-refractivity contribution in [2.24, 2.45) is 0 Å². The number of anilines is 1. The molecular formula is C21H18Cl2N4O3. The maximum absolute atomic E-state index is 13.2. The third-order valence-corrected chi connectivity index (χ3v) is 5.58. The highest BCUT2D eigenvalue weighted by Gasteiger charge is 2.34. The number of hydrogen-bond donors (Lipinski definition) is 2. The van der Waals surface area contributed by atoms with E-state index in [4.69, 9.17) is 27.9 Å². The van der Waals surface area contributed by atoms with E-state index in [2.05, 4.69) is 15.3 Å². The van der Waals surface area contributed by atoms with Gasteiger partial charge in [-0.25, -0.2) is 14.6 Å². The van der Waals surface area contributed by atoms with E-state index in [0.717, 1.165) is 17.0 Å². The molecule has 0 spiro atoms. The third-order valence-electron chi connectivity index (χ3n) is 4.99. The highest BCUT2D eigenvalue weighted by atomic mass is 35.5. The van der Waals surface area contributed by atoms with Gasteiger partial charge in [0.1, 0.15) is 6.04 Å². The van der Waals surface area contributed by atoms with Crippen LogP contribution in [0.25, 0.3) is 0 Å². The van der Waals surface area contributed by atoms with Gasteiger partial charge in [0.05, 0.1) is 29.7 Å². The van der Waals surface area contributed by atoms with E-state index >= 15 is 0 Å². The zero-order valence-corrected chi connectivity index (χ0v) is 17.5. The van der Waals surface area contributed by atoms with Crippen molar-refractivity contribution in [3.05, 3.63) is 81.4 Å². The van der Waals surface area contributed by atoms with Crippen LogP contribution in [0.4, 0.5) is 10.5 Å². The minimum absolute atomic E-state index is 0.180. The molecule has 2 N–H and O–H groups in total. The number of hydrogen-bond acceptors (Lipinski definition) is 4. The molecule has 0 bridgehead atoms. The van der Waals surface area contributed by atoms with Gasteiger partial charge in [-0.3, -0.25) is 0 Å².